The van der Waals surface area contributed by atoms with Crippen LogP contribution in [0.1, 0.15) is 31.4 Å². The van der Waals surface area contributed by atoms with Crippen LogP contribution in [0.3, 0.4) is 0 Å². The number of carbonyl (C=O) groups excluding carboxylic acids is 2. The molecule has 0 aliphatic rings. The zero-order chi connectivity index (χ0) is 14.3. The Hall–Kier alpha value is -1.96. The molecule has 1 aromatic heterocycles. The van der Waals surface area contributed by atoms with E-state index in [2.05, 4.69) is 15.6 Å². The van der Waals surface area contributed by atoms with Gasteiger partial charge in [-0.25, -0.2) is 9.78 Å². The molecule has 1 heterocycles. The van der Waals surface area contributed by atoms with E-state index in [0.717, 1.165) is 5.69 Å². The first kappa shape index (κ1) is 15.1. The Labute approximate surface area is 114 Å². The van der Waals surface area contributed by atoms with E-state index in [1.807, 2.05) is 0 Å². The van der Waals surface area contributed by atoms with E-state index in [0.29, 0.717) is 18.0 Å². The van der Waals surface area contributed by atoms with Crippen molar-refractivity contribution >= 4 is 34.4 Å². The second-order valence-electron chi connectivity index (χ2n) is 3.90. The number of carboxylic acid groups (broad SMARTS) is 1. The van der Waals surface area contributed by atoms with Crippen LogP contribution in [-0.2, 0) is 9.59 Å². The Balaban J connectivity index is 2.21. The number of carbonyl (C=O) groups is 3. The number of nitrogens with zero attached hydrogens (tertiary/aromatic N) is 1. The van der Waals surface area contributed by atoms with Crippen LogP contribution < -0.4 is 10.6 Å². The molecule has 0 aliphatic carbocycles. The maximum absolute atomic E-state index is 11.4. The van der Waals surface area contributed by atoms with Crippen molar-refractivity contribution in [2.75, 3.05) is 5.32 Å². The summed E-state index contributed by atoms with van der Waals surface area (Å²) in [5, 5.41) is 15.2. The van der Waals surface area contributed by atoms with Crippen LogP contribution in [0.4, 0.5) is 9.93 Å². The number of aromatic nitrogens is 1. The highest BCUT2D eigenvalue weighted by atomic mass is 32.1. The minimum absolute atomic E-state index is 0.0257. The second kappa shape index (κ2) is 7.47. The van der Waals surface area contributed by atoms with Crippen LogP contribution in [0.15, 0.2) is 5.38 Å². The third-order valence-electron chi connectivity index (χ3n) is 2.14. The Kier molecular flexibility index (Phi) is 5.94. The molecule has 0 atom stereocenters. The third-order valence-corrected chi connectivity index (χ3v) is 3.01. The average molecular weight is 285 g/mol. The summed E-state index contributed by atoms with van der Waals surface area (Å²) in [4.78, 5) is 37.0. The van der Waals surface area contributed by atoms with Crippen LogP contribution in [0.5, 0.6) is 0 Å². The number of rotatable bonds is 6. The van der Waals surface area contributed by atoms with Crippen molar-refractivity contribution in [3.8, 4) is 0 Å². The SMILES string of the molecule is Cc1csc(NC(=O)NC(=O)CCCCC(=O)O)n1. The highest BCUT2D eigenvalue weighted by molar-refractivity contribution is 7.13. The van der Waals surface area contributed by atoms with E-state index >= 15 is 0 Å². The molecular weight excluding hydrogens is 270 g/mol. The van der Waals surface area contributed by atoms with Crippen molar-refractivity contribution in [2.24, 2.45) is 0 Å². The number of aryl methyl sites for hydroxylation is 1. The summed E-state index contributed by atoms with van der Waals surface area (Å²) in [5.41, 5.74) is 0.792. The molecule has 0 saturated heterocycles. The van der Waals surface area contributed by atoms with Crippen molar-refractivity contribution in [3.63, 3.8) is 0 Å². The molecule has 8 heteroatoms. The Bertz CT molecular complexity index is 472. The highest BCUT2D eigenvalue weighted by Crippen LogP contribution is 2.13. The summed E-state index contributed by atoms with van der Waals surface area (Å²) in [6, 6.07) is -0.627. The number of thiazole rings is 1. The van der Waals surface area contributed by atoms with E-state index < -0.39 is 17.9 Å². The lowest BCUT2D eigenvalue weighted by Crippen LogP contribution is -2.34. The molecule has 0 bridgehead atoms. The van der Waals surface area contributed by atoms with Crippen molar-refractivity contribution in [3.05, 3.63) is 11.1 Å². The van der Waals surface area contributed by atoms with Crippen LogP contribution in [-0.4, -0.2) is 28.0 Å². The summed E-state index contributed by atoms with van der Waals surface area (Å²) >= 11 is 1.27. The minimum Gasteiger partial charge on any atom is -0.481 e. The van der Waals surface area contributed by atoms with Gasteiger partial charge < -0.3 is 5.11 Å². The topological polar surface area (TPSA) is 108 Å². The van der Waals surface area contributed by atoms with Gasteiger partial charge >= 0.3 is 12.0 Å². The Morgan fingerprint density at radius 2 is 2.00 bits per heavy atom. The van der Waals surface area contributed by atoms with Gasteiger partial charge in [-0.2, -0.15) is 0 Å². The molecule has 0 radical (unpaired) electrons. The summed E-state index contributed by atoms with van der Waals surface area (Å²) in [6.45, 7) is 1.80. The smallest absolute Gasteiger partial charge is 0.327 e. The molecule has 0 fully saturated rings. The zero-order valence-corrected chi connectivity index (χ0v) is 11.2. The predicted octanol–water partition coefficient (Wildman–Crippen LogP) is 1.74. The molecule has 0 aliphatic heterocycles. The molecular formula is C11H15N3O4S. The van der Waals surface area contributed by atoms with Gasteiger partial charge in [-0.3, -0.25) is 20.2 Å². The fraction of sp³-hybridized carbons (Fsp3) is 0.455. The number of hydrogen-bond donors (Lipinski definition) is 3. The van der Waals surface area contributed by atoms with Gasteiger partial charge in [0, 0.05) is 18.2 Å². The molecule has 0 spiro atoms. The van der Waals surface area contributed by atoms with Gasteiger partial charge in [-0.15, -0.1) is 11.3 Å². The van der Waals surface area contributed by atoms with Gasteiger partial charge in [-0.1, -0.05) is 0 Å². The number of anilines is 1. The van der Waals surface area contributed by atoms with Gasteiger partial charge in [0.05, 0.1) is 5.69 Å². The molecule has 3 amide bonds. The van der Waals surface area contributed by atoms with Gasteiger partial charge in [0.25, 0.3) is 0 Å². The Morgan fingerprint density at radius 3 is 2.58 bits per heavy atom. The van der Waals surface area contributed by atoms with Crippen LogP contribution in [0.2, 0.25) is 0 Å². The third kappa shape index (κ3) is 6.51. The first-order chi connectivity index (χ1) is 8.97. The maximum Gasteiger partial charge on any atom is 0.327 e. The number of carboxylic acids is 1. The molecule has 19 heavy (non-hydrogen) atoms. The van der Waals surface area contributed by atoms with Crippen molar-refractivity contribution in [1.82, 2.24) is 10.3 Å². The first-order valence-corrected chi connectivity index (χ1v) is 6.60. The normalized spacial score (nSPS) is 9.95. The highest BCUT2D eigenvalue weighted by Gasteiger charge is 2.09. The quantitative estimate of drug-likeness (QED) is 0.690. The summed E-state index contributed by atoms with van der Waals surface area (Å²) in [6.07, 6.45) is 0.993. The fourth-order valence-electron chi connectivity index (χ4n) is 1.29. The maximum atomic E-state index is 11.4. The van der Waals surface area contributed by atoms with Crippen molar-refractivity contribution in [1.29, 1.82) is 0 Å². The molecule has 0 aromatic carbocycles. The van der Waals surface area contributed by atoms with E-state index in [1.165, 1.54) is 11.3 Å². The van der Waals surface area contributed by atoms with Crippen LogP contribution >= 0.6 is 11.3 Å². The number of hydrogen-bond acceptors (Lipinski definition) is 5. The number of nitrogens with one attached hydrogen (secondary N) is 2. The van der Waals surface area contributed by atoms with Crippen LogP contribution in [0, 0.1) is 6.92 Å². The van der Waals surface area contributed by atoms with Crippen molar-refractivity contribution in [2.45, 2.75) is 32.6 Å². The molecule has 1 rings (SSSR count). The summed E-state index contributed by atoms with van der Waals surface area (Å²) in [5.74, 6) is -1.33. The monoisotopic (exact) mass is 285 g/mol. The second-order valence-corrected chi connectivity index (χ2v) is 4.76. The number of aliphatic carboxylic acids is 1. The minimum atomic E-state index is -0.891. The van der Waals surface area contributed by atoms with Gasteiger partial charge in [0.15, 0.2) is 5.13 Å². The number of urea groups is 1. The Morgan fingerprint density at radius 1 is 1.32 bits per heavy atom. The van der Waals surface area contributed by atoms with Crippen molar-refractivity contribution < 1.29 is 19.5 Å². The predicted molar refractivity (Wildman–Crippen MR) is 70.1 cm³/mol. The zero-order valence-electron chi connectivity index (χ0n) is 10.4. The summed E-state index contributed by atoms with van der Waals surface area (Å²) < 4.78 is 0. The van der Waals surface area contributed by atoms with E-state index in [-0.39, 0.29) is 12.8 Å². The number of amides is 3. The lowest BCUT2D eigenvalue weighted by atomic mass is 10.2. The standard InChI is InChI=1S/C11H15N3O4S/c1-7-6-19-11(12-7)14-10(18)13-8(15)4-2-3-5-9(16)17/h6H,2-5H2,1H3,(H,16,17)(H2,12,13,14,15,18). The van der Waals surface area contributed by atoms with E-state index in [1.54, 1.807) is 12.3 Å². The summed E-state index contributed by atoms with van der Waals surface area (Å²) in [7, 11) is 0. The first-order valence-electron chi connectivity index (χ1n) is 5.72. The van der Waals surface area contributed by atoms with Gasteiger partial charge in [0.2, 0.25) is 5.91 Å². The lowest BCUT2D eigenvalue weighted by Gasteiger charge is -2.03. The number of imide groups is 1. The van der Waals surface area contributed by atoms with Gasteiger partial charge in [-0.05, 0) is 19.8 Å². The molecule has 7 nitrogen and oxygen atoms in total. The molecule has 104 valence electrons. The fourth-order valence-corrected chi connectivity index (χ4v) is 1.97. The van der Waals surface area contributed by atoms with Gasteiger partial charge in [0.1, 0.15) is 0 Å². The van der Waals surface area contributed by atoms with Crippen LogP contribution in [0.25, 0.3) is 0 Å². The van der Waals surface area contributed by atoms with E-state index in [9.17, 15) is 14.4 Å². The number of unbranched alkanes of at least 4 members (excludes halogenated alkanes) is 1. The molecule has 1 aromatic rings. The molecule has 0 unspecified atom stereocenters. The van der Waals surface area contributed by atoms with E-state index in [4.69, 9.17) is 5.11 Å². The average Bonchev–Trinajstić information content (AvgIpc) is 2.69. The molecule has 3 N–H and O–H groups in total. The largest absolute Gasteiger partial charge is 0.481 e. The molecule has 0 saturated carbocycles. The lowest BCUT2D eigenvalue weighted by molar-refractivity contribution is -0.137.